The van der Waals surface area contributed by atoms with Crippen LogP contribution in [0, 0.1) is 13.8 Å². The average molecular weight is 288 g/mol. The summed E-state index contributed by atoms with van der Waals surface area (Å²) < 4.78 is 5.72. The highest BCUT2D eigenvalue weighted by Gasteiger charge is 2.33. The number of carbonyl (C=O) groups is 1. The molecule has 0 saturated heterocycles. The molecule has 3 aromatic rings. The lowest BCUT2D eigenvalue weighted by atomic mass is 9.89. The maximum Gasteiger partial charge on any atom is 0.339 e. The fraction of sp³-hybridized carbons (Fsp3) is 0.150. The van der Waals surface area contributed by atoms with Crippen molar-refractivity contribution in [3.05, 3.63) is 82.4 Å². The van der Waals surface area contributed by atoms with E-state index < -0.39 is 0 Å². The van der Waals surface area contributed by atoms with Gasteiger partial charge in [0.1, 0.15) is 0 Å². The molecule has 0 aliphatic carbocycles. The maximum absolute atomic E-state index is 12.2. The van der Waals surface area contributed by atoms with E-state index in [2.05, 4.69) is 32.0 Å². The highest BCUT2D eigenvalue weighted by molar-refractivity contribution is 5.96. The Kier molecular flexibility index (Phi) is 2.80. The molecule has 0 saturated carbocycles. The van der Waals surface area contributed by atoms with Gasteiger partial charge in [-0.1, -0.05) is 48.5 Å². The lowest BCUT2D eigenvalue weighted by Crippen LogP contribution is -2.05. The summed E-state index contributed by atoms with van der Waals surface area (Å²) in [7, 11) is 0. The SMILES string of the molecule is Cc1cc2ccccc2c(C2OC(=O)c3ccccc32)c1C. The van der Waals surface area contributed by atoms with Crippen molar-refractivity contribution < 1.29 is 9.53 Å². The molecule has 4 rings (SSSR count). The number of rotatable bonds is 1. The first-order valence-corrected chi connectivity index (χ1v) is 7.45. The number of hydrogen-bond donors (Lipinski definition) is 0. The molecule has 0 amide bonds. The first-order chi connectivity index (χ1) is 10.7. The molecule has 1 atom stereocenters. The van der Waals surface area contributed by atoms with Crippen molar-refractivity contribution in [3.8, 4) is 0 Å². The van der Waals surface area contributed by atoms with Crippen molar-refractivity contribution in [2.24, 2.45) is 0 Å². The monoisotopic (exact) mass is 288 g/mol. The topological polar surface area (TPSA) is 26.3 Å². The maximum atomic E-state index is 12.2. The van der Waals surface area contributed by atoms with E-state index in [-0.39, 0.29) is 12.1 Å². The molecule has 1 heterocycles. The Morgan fingerprint density at radius 3 is 2.55 bits per heavy atom. The first-order valence-electron chi connectivity index (χ1n) is 7.45. The minimum atomic E-state index is -0.312. The molecule has 3 aromatic carbocycles. The highest BCUT2D eigenvalue weighted by Crippen LogP contribution is 2.41. The normalized spacial score (nSPS) is 16.6. The summed E-state index contributed by atoms with van der Waals surface area (Å²) in [4.78, 5) is 12.2. The second kappa shape index (κ2) is 4.70. The van der Waals surface area contributed by atoms with Crippen LogP contribution in [0.15, 0.2) is 54.6 Å². The van der Waals surface area contributed by atoms with Gasteiger partial charge in [0, 0.05) is 11.1 Å². The third-order valence-corrected chi connectivity index (χ3v) is 4.57. The highest BCUT2D eigenvalue weighted by atomic mass is 16.5. The molecule has 0 spiro atoms. The lowest BCUT2D eigenvalue weighted by Gasteiger charge is -2.19. The Bertz CT molecular complexity index is 909. The molecular weight excluding hydrogens is 272 g/mol. The zero-order valence-corrected chi connectivity index (χ0v) is 12.6. The van der Waals surface area contributed by atoms with Crippen molar-refractivity contribution in [2.45, 2.75) is 20.0 Å². The molecule has 1 aliphatic rings. The summed E-state index contributed by atoms with van der Waals surface area (Å²) in [5.74, 6) is -0.231. The number of carbonyl (C=O) groups excluding carboxylic acids is 1. The number of cyclic esters (lactones) is 1. The van der Waals surface area contributed by atoms with Gasteiger partial charge in [0.2, 0.25) is 0 Å². The van der Waals surface area contributed by atoms with Gasteiger partial charge in [0.05, 0.1) is 5.56 Å². The quantitative estimate of drug-likeness (QED) is 0.606. The summed E-state index contributed by atoms with van der Waals surface area (Å²) in [6, 6.07) is 18.1. The van der Waals surface area contributed by atoms with Gasteiger partial charge in [-0.15, -0.1) is 0 Å². The van der Waals surface area contributed by atoms with E-state index in [0.717, 1.165) is 16.5 Å². The second-order valence-corrected chi connectivity index (χ2v) is 5.83. The molecule has 2 heteroatoms. The van der Waals surface area contributed by atoms with Crippen LogP contribution in [0.3, 0.4) is 0 Å². The number of benzene rings is 3. The van der Waals surface area contributed by atoms with Crippen molar-refractivity contribution in [1.29, 1.82) is 0 Å². The molecule has 0 bridgehead atoms. The summed E-state index contributed by atoms with van der Waals surface area (Å²) in [5.41, 5.74) is 5.15. The fourth-order valence-electron chi connectivity index (χ4n) is 3.32. The van der Waals surface area contributed by atoms with Crippen LogP contribution in [0.25, 0.3) is 10.8 Å². The molecule has 0 radical (unpaired) electrons. The Morgan fingerprint density at radius 1 is 0.955 bits per heavy atom. The molecule has 0 N–H and O–H groups in total. The Balaban J connectivity index is 2.04. The summed E-state index contributed by atoms with van der Waals surface area (Å²) in [5, 5.41) is 2.33. The van der Waals surface area contributed by atoms with Crippen molar-refractivity contribution in [2.75, 3.05) is 0 Å². The van der Waals surface area contributed by atoms with Gasteiger partial charge < -0.3 is 4.74 Å². The van der Waals surface area contributed by atoms with Crippen LogP contribution in [0.4, 0.5) is 0 Å². The van der Waals surface area contributed by atoms with Crippen LogP contribution >= 0.6 is 0 Å². The standard InChI is InChI=1S/C20H16O2/c1-12-11-14-7-3-4-8-15(14)18(13(12)2)19-16-9-5-6-10-17(16)20(21)22-19/h3-11,19H,1-2H3. The summed E-state index contributed by atoms with van der Waals surface area (Å²) in [6.07, 6.45) is -0.312. The number of ether oxygens (including phenoxy) is 1. The van der Waals surface area contributed by atoms with Crippen LogP contribution in [-0.2, 0) is 4.74 Å². The second-order valence-electron chi connectivity index (χ2n) is 5.83. The Morgan fingerprint density at radius 2 is 1.68 bits per heavy atom. The summed E-state index contributed by atoms with van der Waals surface area (Å²) >= 11 is 0. The largest absolute Gasteiger partial charge is 0.449 e. The zero-order chi connectivity index (χ0) is 15.3. The van der Waals surface area contributed by atoms with E-state index in [1.165, 1.54) is 16.5 Å². The molecule has 1 aliphatic heterocycles. The van der Waals surface area contributed by atoms with Gasteiger partial charge in [-0.05, 0) is 41.8 Å². The van der Waals surface area contributed by atoms with Gasteiger partial charge in [-0.2, -0.15) is 0 Å². The predicted molar refractivity (Wildman–Crippen MR) is 87.1 cm³/mol. The minimum absolute atomic E-state index is 0.231. The van der Waals surface area contributed by atoms with Crippen LogP contribution in [0.1, 0.15) is 38.7 Å². The van der Waals surface area contributed by atoms with E-state index in [4.69, 9.17) is 4.74 Å². The zero-order valence-electron chi connectivity index (χ0n) is 12.6. The molecule has 0 aromatic heterocycles. The molecule has 22 heavy (non-hydrogen) atoms. The smallest absolute Gasteiger partial charge is 0.339 e. The third kappa shape index (κ3) is 1.77. The molecule has 0 fully saturated rings. The third-order valence-electron chi connectivity index (χ3n) is 4.57. The molecule has 1 unspecified atom stereocenters. The van der Waals surface area contributed by atoms with Crippen LogP contribution < -0.4 is 0 Å². The molecular formula is C20H16O2. The predicted octanol–water partition coefficient (Wildman–Crippen LogP) is 4.72. The van der Waals surface area contributed by atoms with E-state index >= 15 is 0 Å². The van der Waals surface area contributed by atoms with Crippen LogP contribution in [0.2, 0.25) is 0 Å². The van der Waals surface area contributed by atoms with Crippen molar-refractivity contribution in [3.63, 3.8) is 0 Å². The lowest BCUT2D eigenvalue weighted by molar-refractivity contribution is 0.0457. The Hall–Kier alpha value is -2.61. The van der Waals surface area contributed by atoms with E-state index in [0.29, 0.717) is 5.56 Å². The van der Waals surface area contributed by atoms with Crippen LogP contribution in [0.5, 0.6) is 0 Å². The van der Waals surface area contributed by atoms with Gasteiger partial charge in [0.15, 0.2) is 6.10 Å². The molecule has 108 valence electrons. The van der Waals surface area contributed by atoms with E-state index in [9.17, 15) is 4.79 Å². The van der Waals surface area contributed by atoms with E-state index in [1.807, 2.05) is 36.4 Å². The molecule has 2 nitrogen and oxygen atoms in total. The minimum Gasteiger partial charge on any atom is -0.449 e. The Labute approximate surface area is 129 Å². The number of fused-ring (bicyclic) bond motifs is 2. The fourth-order valence-corrected chi connectivity index (χ4v) is 3.32. The van der Waals surface area contributed by atoms with Crippen molar-refractivity contribution >= 4 is 16.7 Å². The number of aryl methyl sites for hydroxylation is 1. The van der Waals surface area contributed by atoms with Gasteiger partial charge in [0.25, 0.3) is 0 Å². The van der Waals surface area contributed by atoms with Crippen LogP contribution in [-0.4, -0.2) is 5.97 Å². The first kappa shape index (κ1) is 13.1. The number of esters is 1. The van der Waals surface area contributed by atoms with E-state index in [1.54, 1.807) is 0 Å². The van der Waals surface area contributed by atoms with Gasteiger partial charge >= 0.3 is 5.97 Å². The number of hydrogen-bond acceptors (Lipinski definition) is 2. The average Bonchev–Trinajstić information content (AvgIpc) is 2.86. The van der Waals surface area contributed by atoms with Crippen molar-refractivity contribution in [1.82, 2.24) is 0 Å². The van der Waals surface area contributed by atoms with Gasteiger partial charge in [-0.25, -0.2) is 4.79 Å². The van der Waals surface area contributed by atoms with Gasteiger partial charge in [-0.3, -0.25) is 0 Å². The summed E-state index contributed by atoms with van der Waals surface area (Å²) in [6.45, 7) is 4.21.